The highest BCUT2D eigenvalue weighted by molar-refractivity contribution is 5.88. The lowest BCUT2D eigenvalue weighted by Gasteiger charge is -2.27. The minimum Gasteiger partial charge on any atom is -0.478 e. The largest absolute Gasteiger partial charge is 0.478 e. The summed E-state index contributed by atoms with van der Waals surface area (Å²) in [5.74, 6) is 0.789. The van der Waals surface area contributed by atoms with Crippen LogP contribution in [0.5, 0.6) is 0 Å². The van der Waals surface area contributed by atoms with Gasteiger partial charge < -0.3 is 5.11 Å². The van der Waals surface area contributed by atoms with E-state index >= 15 is 0 Å². The summed E-state index contributed by atoms with van der Waals surface area (Å²) in [7, 11) is 0. The van der Waals surface area contributed by atoms with Crippen LogP contribution in [-0.4, -0.2) is 11.1 Å². The second-order valence-corrected chi connectivity index (χ2v) is 8.20. The molecule has 28 heavy (non-hydrogen) atoms. The van der Waals surface area contributed by atoms with Gasteiger partial charge in [0, 0.05) is 0 Å². The quantitative estimate of drug-likeness (QED) is 0.486. The third-order valence-corrected chi connectivity index (χ3v) is 6.24. The summed E-state index contributed by atoms with van der Waals surface area (Å²) < 4.78 is 0. The zero-order chi connectivity index (χ0) is 19.9. The smallest absolute Gasteiger partial charge is 0.335 e. The normalized spacial score (nSPS) is 17.8. The highest BCUT2D eigenvalue weighted by Crippen LogP contribution is 2.36. The van der Waals surface area contributed by atoms with Crippen LogP contribution in [0.2, 0.25) is 0 Å². The third kappa shape index (κ3) is 5.13. The van der Waals surface area contributed by atoms with Crippen LogP contribution >= 0.6 is 0 Å². The molecule has 0 saturated carbocycles. The highest BCUT2D eigenvalue weighted by Gasteiger charge is 2.20. The van der Waals surface area contributed by atoms with Gasteiger partial charge in [0.05, 0.1) is 5.56 Å². The van der Waals surface area contributed by atoms with E-state index in [1.807, 2.05) is 12.1 Å². The van der Waals surface area contributed by atoms with Crippen LogP contribution in [0, 0.1) is 11.8 Å². The summed E-state index contributed by atoms with van der Waals surface area (Å²) in [5.41, 5.74) is 5.30. The van der Waals surface area contributed by atoms with E-state index in [2.05, 4.69) is 44.2 Å². The van der Waals surface area contributed by atoms with E-state index in [0.29, 0.717) is 5.56 Å². The van der Waals surface area contributed by atoms with Crippen LogP contribution in [0.15, 0.2) is 54.6 Å². The van der Waals surface area contributed by atoms with E-state index < -0.39 is 5.97 Å². The first-order chi connectivity index (χ1) is 13.6. The predicted molar refractivity (Wildman–Crippen MR) is 117 cm³/mol. The Morgan fingerprint density at radius 1 is 1.00 bits per heavy atom. The lowest BCUT2D eigenvalue weighted by molar-refractivity contribution is 0.0697. The zero-order valence-electron chi connectivity index (χ0n) is 17.2. The van der Waals surface area contributed by atoms with Crippen molar-refractivity contribution in [3.05, 3.63) is 65.7 Å². The first-order valence-corrected chi connectivity index (χ1v) is 10.7. The molecular formula is C26H32O2. The van der Waals surface area contributed by atoms with Gasteiger partial charge in [0.1, 0.15) is 0 Å². The van der Waals surface area contributed by atoms with Crippen molar-refractivity contribution >= 4 is 11.5 Å². The van der Waals surface area contributed by atoms with Crippen molar-refractivity contribution in [3.63, 3.8) is 0 Å². The Balaban J connectivity index is 1.61. The standard InChI is InChI=1S/C26H32O2/c1-3-4-5-6-19(2)20-7-9-21(10-8-20)22-11-13-23(14-12-22)24-15-17-25(18-16-24)26(27)28/h9,11-20H,3-8,10H2,1-2H3,(H,27,28). The van der Waals surface area contributed by atoms with Crippen LogP contribution in [0.3, 0.4) is 0 Å². The van der Waals surface area contributed by atoms with Gasteiger partial charge in [0.2, 0.25) is 0 Å². The van der Waals surface area contributed by atoms with E-state index in [-0.39, 0.29) is 0 Å². The monoisotopic (exact) mass is 376 g/mol. The van der Waals surface area contributed by atoms with Crippen molar-refractivity contribution in [1.82, 2.24) is 0 Å². The first-order valence-electron chi connectivity index (χ1n) is 10.7. The van der Waals surface area contributed by atoms with Crippen LogP contribution in [0.1, 0.15) is 74.7 Å². The molecule has 0 bridgehead atoms. The number of rotatable bonds is 8. The molecule has 0 aliphatic heterocycles. The molecule has 2 aromatic rings. The highest BCUT2D eigenvalue weighted by atomic mass is 16.4. The van der Waals surface area contributed by atoms with Crippen molar-refractivity contribution in [3.8, 4) is 11.1 Å². The van der Waals surface area contributed by atoms with E-state index in [1.54, 1.807) is 12.1 Å². The van der Waals surface area contributed by atoms with Crippen molar-refractivity contribution in [1.29, 1.82) is 0 Å². The van der Waals surface area contributed by atoms with E-state index in [0.717, 1.165) is 23.0 Å². The molecule has 2 atom stereocenters. The van der Waals surface area contributed by atoms with Gasteiger partial charge in [0.15, 0.2) is 0 Å². The maximum Gasteiger partial charge on any atom is 0.335 e. The molecule has 0 fully saturated rings. The van der Waals surface area contributed by atoms with Crippen LogP contribution < -0.4 is 0 Å². The summed E-state index contributed by atoms with van der Waals surface area (Å²) >= 11 is 0. The molecule has 1 aliphatic rings. The van der Waals surface area contributed by atoms with Gasteiger partial charge >= 0.3 is 5.97 Å². The van der Waals surface area contributed by atoms with Crippen molar-refractivity contribution < 1.29 is 9.90 Å². The molecule has 2 aromatic carbocycles. The minimum atomic E-state index is -0.885. The second-order valence-electron chi connectivity index (χ2n) is 8.20. The Morgan fingerprint density at radius 2 is 1.61 bits per heavy atom. The number of hydrogen-bond acceptors (Lipinski definition) is 1. The molecule has 0 spiro atoms. The number of benzene rings is 2. The fourth-order valence-corrected chi connectivity index (χ4v) is 4.27. The van der Waals surface area contributed by atoms with Crippen LogP contribution in [-0.2, 0) is 0 Å². The van der Waals surface area contributed by atoms with Gasteiger partial charge in [-0.2, -0.15) is 0 Å². The number of carbonyl (C=O) groups is 1. The maximum atomic E-state index is 11.0. The van der Waals surface area contributed by atoms with Gasteiger partial charge in [-0.05, 0) is 65.5 Å². The molecule has 0 radical (unpaired) electrons. The summed E-state index contributed by atoms with van der Waals surface area (Å²) in [5, 5.41) is 9.03. The maximum absolute atomic E-state index is 11.0. The van der Waals surface area contributed by atoms with Crippen molar-refractivity contribution in [2.24, 2.45) is 11.8 Å². The second kappa shape index (κ2) is 9.73. The van der Waals surface area contributed by atoms with Gasteiger partial charge in [-0.3, -0.25) is 0 Å². The molecule has 148 valence electrons. The van der Waals surface area contributed by atoms with Gasteiger partial charge in [-0.15, -0.1) is 0 Å². The molecule has 0 saturated heterocycles. The predicted octanol–water partition coefficient (Wildman–Crippen LogP) is 7.45. The summed E-state index contributed by atoms with van der Waals surface area (Å²) in [4.78, 5) is 11.0. The Morgan fingerprint density at radius 3 is 2.14 bits per heavy atom. The first kappa shape index (κ1) is 20.4. The lowest BCUT2D eigenvalue weighted by Crippen LogP contribution is -2.14. The summed E-state index contributed by atoms with van der Waals surface area (Å²) in [6.07, 6.45) is 11.6. The Bertz CT molecular complexity index is 799. The third-order valence-electron chi connectivity index (χ3n) is 6.24. The van der Waals surface area contributed by atoms with Crippen LogP contribution in [0.25, 0.3) is 16.7 Å². The summed E-state index contributed by atoms with van der Waals surface area (Å²) in [6.45, 7) is 4.71. The SMILES string of the molecule is CCCCCC(C)C1CC=C(c2ccc(-c3ccc(C(=O)O)cc3)cc2)CC1. The zero-order valence-corrected chi connectivity index (χ0v) is 17.2. The molecule has 0 aromatic heterocycles. The molecule has 1 N–H and O–H groups in total. The van der Waals surface area contributed by atoms with E-state index in [9.17, 15) is 4.79 Å². The summed E-state index contributed by atoms with van der Waals surface area (Å²) in [6, 6.07) is 15.8. The lowest BCUT2D eigenvalue weighted by atomic mass is 9.78. The fraction of sp³-hybridized carbons (Fsp3) is 0.423. The molecule has 0 heterocycles. The number of aromatic carboxylic acids is 1. The van der Waals surface area contributed by atoms with E-state index in [1.165, 1.54) is 56.1 Å². The Labute approximate surface area is 169 Å². The molecule has 2 heteroatoms. The van der Waals surface area contributed by atoms with Gasteiger partial charge in [0.25, 0.3) is 0 Å². The number of allylic oxidation sites excluding steroid dienone is 2. The molecule has 1 aliphatic carbocycles. The van der Waals surface area contributed by atoms with Crippen molar-refractivity contribution in [2.75, 3.05) is 0 Å². The average Bonchev–Trinajstić information content (AvgIpc) is 2.74. The van der Waals surface area contributed by atoms with Gasteiger partial charge in [-0.25, -0.2) is 4.79 Å². The van der Waals surface area contributed by atoms with Crippen molar-refractivity contribution in [2.45, 2.75) is 58.8 Å². The van der Waals surface area contributed by atoms with Crippen LogP contribution in [0.4, 0.5) is 0 Å². The minimum absolute atomic E-state index is 0.325. The number of carboxylic acids is 1. The Kier molecular flexibility index (Phi) is 7.08. The molecule has 3 rings (SSSR count). The van der Waals surface area contributed by atoms with Gasteiger partial charge in [-0.1, -0.05) is 82.0 Å². The number of unbranched alkanes of at least 4 members (excludes halogenated alkanes) is 2. The molecule has 2 unspecified atom stereocenters. The molecule has 0 amide bonds. The van der Waals surface area contributed by atoms with E-state index in [4.69, 9.17) is 5.11 Å². The fourth-order valence-electron chi connectivity index (χ4n) is 4.27. The molecular weight excluding hydrogens is 344 g/mol. The topological polar surface area (TPSA) is 37.3 Å². The number of hydrogen-bond donors (Lipinski definition) is 1. The number of carboxylic acid groups (broad SMARTS) is 1. The average molecular weight is 377 g/mol. The molecule has 2 nitrogen and oxygen atoms in total. The Hall–Kier alpha value is -2.35.